The molecule has 0 aromatic heterocycles. The van der Waals surface area contributed by atoms with Crippen molar-refractivity contribution < 1.29 is 23.8 Å². The van der Waals surface area contributed by atoms with E-state index < -0.39 is 11.9 Å². The van der Waals surface area contributed by atoms with Crippen LogP contribution in [0.25, 0.3) is 0 Å². The number of carbonyl (C=O) groups is 2. The SMILES string of the molecule is CC(C)OC(=O)c1cccc(OC(=O)c2cc(Br)ccc2OCCc2ccccc2)c1. The summed E-state index contributed by atoms with van der Waals surface area (Å²) in [7, 11) is 0. The van der Waals surface area contributed by atoms with E-state index in [-0.39, 0.29) is 17.4 Å². The third-order valence-corrected chi connectivity index (χ3v) is 4.77. The molecular formula is C25H23BrO5. The lowest BCUT2D eigenvalue weighted by Gasteiger charge is -2.12. The van der Waals surface area contributed by atoms with Crippen molar-refractivity contribution in [2.24, 2.45) is 0 Å². The molecule has 0 aliphatic carbocycles. The minimum absolute atomic E-state index is 0.240. The largest absolute Gasteiger partial charge is 0.492 e. The van der Waals surface area contributed by atoms with Crippen LogP contribution in [0.15, 0.2) is 77.3 Å². The molecule has 0 spiro atoms. The summed E-state index contributed by atoms with van der Waals surface area (Å²) < 4.78 is 17.3. The van der Waals surface area contributed by atoms with Crippen molar-refractivity contribution in [2.75, 3.05) is 6.61 Å². The topological polar surface area (TPSA) is 61.8 Å². The van der Waals surface area contributed by atoms with Gasteiger partial charge in [-0.3, -0.25) is 0 Å². The summed E-state index contributed by atoms with van der Waals surface area (Å²) in [6.45, 7) is 3.96. The van der Waals surface area contributed by atoms with Gasteiger partial charge in [0.2, 0.25) is 0 Å². The summed E-state index contributed by atoms with van der Waals surface area (Å²) in [5.41, 5.74) is 1.75. The predicted octanol–water partition coefficient (Wildman–Crippen LogP) is 5.86. The number of rotatable bonds is 8. The molecule has 3 aromatic carbocycles. The zero-order valence-electron chi connectivity index (χ0n) is 17.3. The fraction of sp³-hybridized carbons (Fsp3) is 0.200. The van der Waals surface area contributed by atoms with Crippen molar-refractivity contribution in [1.82, 2.24) is 0 Å². The lowest BCUT2D eigenvalue weighted by atomic mass is 10.1. The first-order chi connectivity index (χ1) is 14.9. The van der Waals surface area contributed by atoms with Crippen LogP contribution in [0.1, 0.15) is 40.1 Å². The van der Waals surface area contributed by atoms with Gasteiger partial charge in [-0.15, -0.1) is 0 Å². The normalized spacial score (nSPS) is 10.6. The second-order valence-electron chi connectivity index (χ2n) is 7.10. The minimum Gasteiger partial charge on any atom is -0.492 e. The number of hydrogen-bond acceptors (Lipinski definition) is 5. The van der Waals surface area contributed by atoms with Crippen molar-refractivity contribution >= 4 is 27.9 Å². The molecule has 0 heterocycles. The predicted molar refractivity (Wildman–Crippen MR) is 122 cm³/mol. The summed E-state index contributed by atoms with van der Waals surface area (Å²) in [5.74, 6) is -0.372. The summed E-state index contributed by atoms with van der Waals surface area (Å²) in [6.07, 6.45) is 0.474. The molecule has 0 saturated heterocycles. The molecule has 0 atom stereocenters. The van der Waals surface area contributed by atoms with Crippen LogP contribution in [0, 0.1) is 0 Å². The molecule has 0 bridgehead atoms. The van der Waals surface area contributed by atoms with E-state index in [1.165, 1.54) is 6.07 Å². The van der Waals surface area contributed by atoms with Gasteiger partial charge in [0.25, 0.3) is 0 Å². The Morgan fingerprint density at radius 3 is 2.42 bits per heavy atom. The highest BCUT2D eigenvalue weighted by Crippen LogP contribution is 2.26. The Balaban J connectivity index is 1.71. The molecule has 6 heteroatoms. The maximum absolute atomic E-state index is 12.8. The van der Waals surface area contributed by atoms with Crippen LogP contribution in [-0.2, 0) is 11.2 Å². The quantitative estimate of drug-likeness (QED) is 0.297. The summed E-state index contributed by atoms with van der Waals surface area (Å²) in [6, 6.07) is 21.5. The van der Waals surface area contributed by atoms with Crippen molar-refractivity contribution in [3.05, 3.63) is 94.0 Å². The Kier molecular flexibility index (Phi) is 7.84. The Labute approximate surface area is 190 Å². The highest BCUT2D eigenvalue weighted by atomic mass is 79.9. The third kappa shape index (κ3) is 6.69. The molecule has 5 nitrogen and oxygen atoms in total. The van der Waals surface area contributed by atoms with E-state index in [1.54, 1.807) is 50.2 Å². The minimum atomic E-state index is -0.578. The van der Waals surface area contributed by atoms with Gasteiger partial charge in [-0.2, -0.15) is 0 Å². The molecule has 160 valence electrons. The Bertz CT molecular complexity index is 1050. The molecule has 31 heavy (non-hydrogen) atoms. The number of halogens is 1. The first kappa shape index (κ1) is 22.6. The molecule has 0 aliphatic heterocycles. The van der Waals surface area contributed by atoms with Gasteiger partial charge < -0.3 is 14.2 Å². The van der Waals surface area contributed by atoms with Crippen LogP contribution in [0.4, 0.5) is 0 Å². The van der Waals surface area contributed by atoms with Crippen molar-refractivity contribution in [3.8, 4) is 11.5 Å². The molecule has 0 fully saturated rings. The lowest BCUT2D eigenvalue weighted by molar-refractivity contribution is 0.0376. The second kappa shape index (κ2) is 10.8. The van der Waals surface area contributed by atoms with E-state index in [0.717, 1.165) is 10.0 Å². The third-order valence-electron chi connectivity index (χ3n) is 4.28. The molecule has 0 unspecified atom stereocenters. The number of esters is 2. The van der Waals surface area contributed by atoms with Gasteiger partial charge in [-0.1, -0.05) is 52.3 Å². The Morgan fingerprint density at radius 2 is 1.68 bits per heavy atom. The molecule has 0 radical (unpaired) electrons. The average molecular weight is 483 g/mol. The van der Waals surface area contributed by atoms with E-state index >= 15 is 0 Å². The zero-order chi connectivity index (χ0) is 22.2. The first-order valence-corrected chi connectivity index (χ1v) is 10.7. The number of ether oxygens (including phenoxy) is 3. The maximum Gasteiger partial charge on any atom is 0.347 e. The lowest BCUT2D eigenvalue weighted by Crippen LogP contribution is -2.14. The molecule has 3 rings (SSSR count). The standard InChI is InChI=1S/C25H23BrO5/c1-17(2)30-24(27)19-9-6-10-21(15-19)31-25(28)22-16-20(26)11-12-23(22)29-14-13-18-7-4-3-5-8-18/h3-12,15-17H,13-14H2,1-2H3. The molecule has 0 N–H and O–H groups in total. The van der Waals surface area contributed by atoms with Gasteiger partial charge in [0, 0.05) is 10.9 Å². The fourth-order valence-electron chi connectivity index (χ4n) is 2.84. The van der Waals surface area contributed by atoms with Gasteiger partial charge in [0.05, 0.1) is 18.3 Å². The smallest absolute Gasteiger partial charge is 0.347 e. The van der Waals surface area contributed by atoms with Gasteiger partial charge in [-0.25, -0.2) is 9.59 Å². The van der Waals surface area contributed by atoms with Gasteiger partial charge in [0.15, 0.2) is 0 Å². The van der Waals surface area contributed by atoms with Crippen molar-refractivity contribution in [1.29, 1.82) is 0 Å². The number of hydrogen-bond donors (Lipinski definition) is 0. The van der Waals surface area contributed by atoms with Crippen LogP contribution < -0.4 is 9.47 Å². The maximum atomic E-state index is 12.8. The van der Waals surface area contributed by atoms with Gasteiger partial charge in [-0.05, 0) is 55.8 Å². The summed E-state index contributed by atoms with van der Waals surface area (Å²) in [5, 5.41) is 0. The molecule has 3 aromatic rings. The van der Waals surface area contributed by atoms with E-state index in [9.17, 15) is 9.59 Å². The number of carbonyl (C=O) groups excluding carboxylic acids is 2. The van der Waals surface area contributed by atoms with Crippen LogP contribution >= 0.6 is 15.9 Å². The zero-order valence-corrected chi connectivity index (χ0v) is 18.9. The van der Waals surface area contributed by atoms with Gasteiger partial charge in [0.1, 0.15) is 17.1 Å². The summed E-state index contributed by atoms with van der Waals surface area (Å²) in [4.78, 5) is 24.9. The first-order valence-electron chi connectivity index (χ1n) is 9.92. The second-order valence-corrected chi connectivity index (χ2v) is 8.01. The molecule has 0 saturated carbocycles. The average Bonchev–Trinajstić information content (AvgIpc) is 2.75. The van der Waals surface area contributed by atoms with Crippen LogP contribution in [0.5, 0.6) is 11.5 Å². The molecule has 0 aliphatic rings. The van der Waals surface area contributed by atoms with Crippen molar-refractivity contribution in [2.45, 2.75) is 26.4 Å². The van der Waals surface area contributed by atoms with Gasteiger partial charge >= 0.3 is 11.9 Å². The van der Waals surface area contributed by atoms with E-state index in [1.807, 2.05) is 30.3 Å². The van der Waals surface area contributed by atoms with Crippen LogP contribution in [0.3, 0.4) is 0 Å². The van der Waals surface area contributed by atoms with E-state index in [0.29, 0.717) is 24.3 Å². The van der Waals surface area contributed by atoms with Crippen molar-refractivity contribution in [3.63, 3.8) is 0 Å². The highest BCUT2D eigenvalue weighted by molar-refractivity contribution is 9.10. The van der Waals surface area contributed by atoms with Crippen LogP contribution in [-0.4, -0.2) is 24.6 Å². The van der Waals surface area contributed by atoms with E-state index in [4.69, 9.17) is 14.2 Å². The van der Waals surface area contributed by atoms with E-state index in [2.05, 4.69) is 15.9 Å². The Hall–Kier alpha value is -3.12. The number of benzene rings is 3. The summed E-state index contributed by atoms with van der Waals surface area (Å²) >= 11 is 3.38. The Morgan fingerprint density at radius 1 is 0.903 bits per heavy atom. The molecule has 0 amide bonds. The monoisotopic (exact) mass is 482 g/mol. The molecular weight excluding hydrogens is 460 g/mol. The highest BCUT2D eigenvalue weighted by Gasteiger charge is 2.17. The fourth-order valence-corrected chi connectivity index (χ4v) is 3.20. The van der Waals surface area contributed by atoms with Crippen LogP contribution in [0.2, 0.25) is 0 Å².